The van der Waals surface area contributed by atoms with Crippen LogP contribution in [0.4, 0.5) is 18.9 Å². The molecule has 0 aliphatic heterocycles. The highest BCUT2D eigenvalue weighted by Gasteiger charge is 2.35. The summed E-state index contributed by atoms with van der Waals surface area (Å²) >= 11 is 6.06. The number of rotatable bonds is 6. The molecule has 1 fully saturated rings. The number of nitrogens with one attached hydrogen (secondary N) is 1. The van der Waals surface area contributed by atoms with Crippen molar-refractivity contribution in [2.75, 3.05) is 11.9 Å². The maximum atomic E-state index is 13.0. The van der Waals surface area contributed by atoms with Gasteiger partial charge in [0.05, 0.1) is 22.8 Å². The van der Waals surface area contributed by atoms with Gasteiger partial charge in [0.25, 0.3) is 0 Å². The summed E-state index contributed by atoms with van der Waals surface area (Å²) in [6.07, 6.45) is -2.52. The van der Waals surface area contributed by atoms with E-state index < -0.39 is 11.7 Å². The van der Waals surface area contributed by atoms with Crippen molar-refractivity contribution in [3.8, 4) is 0 Å². The Morgan fingerprint density at radius 1 is 1.22 bits per heavy atom. The van der Waals surface area contributed by atoms with Gasteiger partial charge in [-0.05, 0) is 49.6 Å². The summed E-state index contributed by atoms with van der Waals surface area (Å²) in [5.74, 6) is -0.242. The van der Waals surface area contributed by atoms with Crippen LogP contribution in [0.1, 0.15) is 36.9 Å². The maximum Gasteiger partial charge on any atom is 0.416 e. The van der Waals surface area contributed by atoms with Crippen molar-refractivity contribution in [1.82, 2.24) is 4.90 Å². The van der Waals surface area contributed by atoms with E-state index in [4.69, 9.17) is 11.6 Å². The van der Waals surface area contributed by atoms with Crippen LogP contribution >= 0.6 is 11.6 Å². The highest BCUT2D eigenvalue weighted by atomic mass is 35.5. The molecule has 3 rings (SSSR count). The van der Waals surface area contributed by atoms with Gasteiger partial charge in [-0.25, -0.2) is 0 Å². The van der Waals surface area contributed by atoms with Crippen LogP contribution in [-0.2, 0) is 11.0 Å². The Balaban J connectivity index is 1.74. The quantitative estimate of drug-likeness (QED) is 0.697. The summed E-state index contributed by atoms with van der Waals surface area (Å²) in [5.41, 5.74) is 0.386. The predicted octanol–water partition coefficient (Wildman–Crippen LogP) is 5.52. The van der Waals surface area contributed by atoms with E-state index in [0.717, 1.165) is 25.0 Å². The van der Waals surface area contributed by atoms with Gasteiger partial charge in [-0.3, -0.25) is 9.69 Å². The zero-order chi connectivity index (χ0) is 19.6. The number of carbonyl (C=O) groups is 1. The van der Waals surface area contributed by atoms with E-state index in [2.05, 4.69) is 5.32 Å². The fourth-order valence-corrected chi connectivity index (χ4v) is 3.26. The van der Waals surface area contributed by atoms with Crippen LogP contribution in [-0.4, -0.2) is 23.4 Å². The van der Waals surface area contributed by atoms with Gasteiger partial charge in [-0.2, -0.15) is 13.2 Å². The van der Waals surface area contributed by atoms with E-state index in [-0.39, 0.29) is 24.5 Å². The summed E-state index contributed by atoms with van der Waals surface area (Å²) in [7, 11) is 0. The highest BCUT2D eigenvalue weighted by Crippen LogP contribution is 2.36. The number of anilines is 1. The number of hydrogen-bond donors (Lipinski definition) is 1. The number of amides is 1. The Bertz CT molecular complexity index is 821. The fourth-order valence-electron chi connectivity index (χ4n) is 3.07. The summed E-state index contributed by atoms with van der Waals surface area (Å²) in [4.78, 5) is 14.4. The Labute approximate surface area is 161 Å². The lowest BCUT2D eigenvalue weighted by Gasteiger charge is -2.29. The Morgan fingerprint density at radius 3 is 2.56 bits per heavy atom. The van der Waals surface area contributed by atoms with E-state index >= 15 is 0 Å². The molecule has 7 heteroatoms. The molecule has 3 nitrogen and oxygen atoms in total. The van der Waals surface area contributed by atoms with Crippen molar-refractivity contribution < 1.29 is 18.0 Å². The minimum atomic E-state index is -4.39. The lowest BCUT2D eigenvalue weighted by atomic mass is 10.0. The Hall–Kier alpha value is -2.05. The number of benzene rings is 2. The SMILES string of the molecule is CC(c1cccc(C(F)(F)F)c1)N(CC(=O)Nc1ccccc1Cl)C1CC1. The van der Waals surface area contributed by atoms with E-state index in [1.807, 2.05) is 11.8 Å². The molecule has 1 aliphatic rings. The molecule has 0 spiro atoms. The highest BCUT2D eigenvalue weighted by molar-refractivity contribution is 6.33. The Morgan fingerprint density at radius 2 is 1.93 bits per heavy atom. The Kier molecular flexibility index (Phi) is 5.77. The predicted molar refractivity (Wildman–Crippen MR) is 99.7 cm³/mol. The normalized spacial score (nSPS) is 15.6. The molecule has 0 saturated heterocycles. The summed E-state index contributed by atoms with van der Waals surface area (Å²) < 4.78 is 39.0. The minimum Gasteiger partial charge on any atom is -0.324 e. The van der Waals surface area contributed by atoms with Gasteiger partial charge in [0.2, 0.25) is 5.91 Å². The van der Waals surface area contributed by atoms with Crippen molar-refractivity contribution in [2.45, 2.75) is 38.0 Å². The number of hydrogen-bond acceptors (Lipinski definition) is 2. The lowest BCUT2D eigenvalue weighted by molar-refractivity contribution is -0.137. The van der Waals surface area contributed by atoms with Gasteiger partial charge < -0.3 is 5.32 Å². The molecule has 0 heterocycles. The standard InChI is InChI=1S/C20H20ClF3N2O/c1-13(14-5-4-6-15(11-14)20(22,23)24)26(16-9-10-16)12-19(27)25-18-8-3-2-7-17(18)21/h2-8,11,13,16H,9-10,12H2,1H3,(H,25,27). The van der Waals surface area contributed by atoms with Crippen molar-refractivity contribution in [2.24, 2.45) is 0 Å². The first kappa shape index (κ1) is 19.7. The number of alkyl halides is 3. The zero-order valence-corrected chi connectivity index (χ0v) is 15.5. The zero-order valence-electron chi connectivity index (χ0n) is 14.8. The number of halogens is 4. The average Bonchev–Trinajstić information content (AvgIpc) is 3.45. The molecule has 0 aromatic heterocycles. The van der Waals surface area contributed by atoms with Crippen LogP contribution in [0.2, 0.25) is 5.02 Å². The molecule has 1 unspecified atom stereocenters. The van der Waals surface area contributed by atoms with Crippen LogP contribution in [0.25, 0.3) is 0 Å². The van der Waals surface area contributed by atoms with Crippen molar-refractivity contribution in [1.29, 1.82) is 0 Å². The molecule has 2 aromatic rings. The molecule has 1 N–H and O–H groups in total. The first-order valence-electron chi connectivity index (χ1n) is 8.73. The third-order valence-electron chi connectivity index (χ3n) is 4.68. The van der Waals surface area contributed by atoms with E-state index in [1.165, 1.54) is 6.07 Å². The van der Waals surface area contributed by atoms with Crippen LogP contribution < -0.4 is 5.32 Å². The van der Waals surface area contributed by atoms with E-state index in [0.29, 0.717) is 16.3 Å². The minimum absolute atomic E-state index is 0.0906. The van der Waals surface area contributed by atoms with Crippen LogP contribution in [0.3, 0.4) is 0 Å². The van der Waals surface area contributed by atoms with E-state index in [9.17, 15) is 18.0 Å². The summed E-state index contributed by atoms with van der Waals surface area (Å²) in [6.45, 7) is 1.92. The third-order valence-corrected chi connectivity index (χ3v) is 5.01. The molecular weight excluding hydrogens is 377 g/mol. The van der Waals surface area contributed by atoms with E-state index in [1.54, 1.807) is 30.3 Å². The molecule has 27 heavy (non-hydrogen) atoms. The van der Waals surface area contributed by atoms with Crippen LogP contribution in [0.15, 0.2) is 48.5 Å². The van der Waals surface area contributed by atoms with Crippen LogP contribution in [0.5, 0.6) is 0 Å². The molecule has 0 radical (unpaired) electrons. The topological polar surface area (TPSA) is 32.3 Å². The molecule has 1 aliphatic carbocycles. The van der Waals surface area contributed by atoms with Crippen LogP contribution in [0, 0.1) is 0 Å². The first-order valence-corrected chi connectivity index (χ1v) is 9.11. The van der Waals surface area contributed by atoms with Gasteiger partial charge >= 0.3 is 6.18 Å². The number of carbonyl (C=O) groups excluding carboxylic acids is 1. The third kappa shape index (κ3) is 5.02. The first-order chi connectivity index (χ1) is 12.8. The lowest BCUT2D eigenvalue weighted by Crippen LogP contribution is -2.37. The second kappa shape index (κ2) is 7.90. The molecule has 144 valence electrons. The maximum absolute atomic E-state index is 13.0. The summed E-state index contributed by atoms with van der Waals surface area (Å²) in [5, 5.41) is 3.21. The molecule has 1 amide bonds. The molecule has 1 saturated carbocycles. The molecule has 2 aromatic carbocycles. The fraction of sp³-hybridized carbons (Fsp3) is 0.350. The second-order valence-corrected chi connectivity index (χ2v) is 7.14. The number of para-hydroxylation sites is 1. The smallest absolute Gasteiger partial charge is 0.324 e. The average molecular weight is 397 g/mol. The monoisotopic (exact) mass is 396 g/mol. The van der Waals surface area contributed by atoms with Gasteiger partial charge in [0, 0.05) is 12.1 Å². The van der Waals surface area contributed by atoms with Crippen molar-refractivity contribution >= 4 is 23.2 Å². The van der Waals surface area contributed by atoms with Gasteiger partial charge in [0.1, 0.15) is 0 Å². The molecule has 0 bridgehead atoms. The molecule has 1 atom stereocenters. The molecular formula is C20H20ClF3N2O. The second-order valence-electron chi connectivity index (χ2n) is 6.73. The largest absolute Gasteiger partial charge is 0.416 e. The van der Waals surface area contributed by atoms with Crippen molar-refractivity contribution in [3.05, 3.63) is 64.7 Å². The summed E-state index contributed by atoms with van der Waals surface area (Å²) in [6, 6.07) is 12.1. The van der Waals surface area contributed by atoms with Gasteiger partial charge in [-0.15, -0.1) is 0 Å². The number of nitrogens with zero attached hydrogens (tertiary/aromatic N) is 1. The van der Waals surface area contributed by atoms with Gasteiger partial charge in [0.15, 0.2) is 0 Å². The van der Waals surface area contributed by atoms with Crippen molar-refractivity contribution in [3.63, 3.8) is 0 Å². The van der Waals surface area contributed by atoms with Gasteiger partial charge in [-0.1, -0.05) is 35.9 Å².